The molecule has 0 aliphatic heterocycles. The Morgan fingerprint density at radius 2 is 1.14 bits per heavy atom. The quantitative estimate of drug-likeness (QED) is 0.0490. The summed E-state index contributed by atoms with van der Waals surface area (Å²) < 4.78 is 35.6. The van der Waals surface area contributed by atoms with Crippen molar-refractivity contribution in [2.24, 2.45) is 0 Å². The summed E-state index contributed by atoms with van der Waals surface area (Å²) in [6.45, 7) is -0.444. The minimum atomic E-state index is -4.46. The molecule has 6 rings (SSSR count). The summed E-state index contributed by atoms with van der Waals surface area (Å²) in [6.07, 6.45) is 0.0725. The van der Waals surface area contributed by atoms with E-state index >= 15 is 0 Å². The highest BCUT2D eigenvalue weighted by atomic mass is 32.2. The molecule has 2 N–H and O–H groups in total. The van der Waals surface area contributed by atoms with E-state index in [1.807, 2.05) is 152 Å². The summed E-state index contributed by atoms with van der Waals surface area (Å²) in [5.41, 5.74) is 5.53. The van der Waals surface area contributed by atoms with Crippen LogP contribution < -0.4 is 15.5 Å². The Labute approximate surface area is 339 Å². The minimum Gasteiger partial charge on any atom is -0.497 e. The number of nitrogens with one attached hydrogen (secondary N) is 2. The van der Waals surface area contributed by atoms with E-state index in [2.05, 4.69) is 10.8 Å². The average Bonchev–Trinajstić information content (AvgIpc) is 3.27. The molecule has 0 aliphatic rings. The van der Waals surface area contributed by atoms with Crippen LogP contribution >= 0.6 is 11.8 Å². The standard InChI is InChI=1S/C46H45N3O6S2/c1-54-41-27-29-42(30-28-41)57(52,53)49(34-44(50)47-33-36-17-7-2-8-18-36)43(31-32-56-35-37-19-9-3-10-20-37)45(51)48-55-46(38-21-11-4-12-22-38,39-23-13-5-14-24-39)40-25-15-6-16-26-40/h2-30,43H,31-35H2,1H3,(H,47,50)(H,48,51). The van der Waals surface area contributed by atoms with Crippen LogP contribution in [-0.2, 0) is 42.3 Å². The lowest BCUT2D eigenvalue weighted by Gasteiger charge is -2.36. The summed E-state index contributed by atoms with van der Waals surface area (Å²) in [4.78, 5) is 35.1. The molecule has 292 valence electrons. The number of ether oxygens (including phenoxy) is 1. The van der Waals surface area contributed by atoms with Crippen molar-refractivity contribution in [1.29, 1.82) is 0 Å². The average molecular weight is 800 g/mol. The molecule has 0 heterocycles. The molecule has 0 radical (unpaired) electrons. The first-order chi connectivity index (χ1) is 27.8. The number of carbonyl (C=O) groups is 2. The van der Waals surface area contributed by atoms with Gasteiger partial charge in [0.1, 0.15) is 11.8 Å². The number of amides is 2. The number of thioether (sulfide) groups is 1. The zero-order valence-electron chi connectivity index (χ0n) is 31.6. The summed E-state index contributed by atoms with van der Waals surface area (Å²) >= 11 is 1.56. The molecule has 1 unspecified atom stereocenters. The van der Waals surface area contributed by atoms with Gasteiger partial charge in [0.2, 0.25) is 15.9 Å². The number of sulfonamides is 1. The minimum absolute atomic E-state index is 0.0725. The number of nitrogens with zero attached hydrogens (tertiary/aromatic N) is 1. The zero-order chi connectivity index (χ0) is 39.9. The predicted octanol–water partition coefficient (Wildman–Crippen LogP) is 7.73. The molecule has 0 fully saturated rings. The second-order valence-corrected chi connectivity index (χ2v) is 16.2. The smallest absolute Gasteiger partial charge is 0.262 e. The van der Waals surface area contributed by atoms with Gasteiger partial charge in [0.25, 0.3) is 5.91 Å². The van der Waals surface area contributed by atoms with Crippen molar-refractivity contribution in [3.63, 3.8) is 0 Å². The van der Waals surface area contributed by atoms with Crippen molar-refractivity contribution < 1.29 is 27.6 Å². The number of hydrogen-bond donors (Lipinski definition) is 2. The van der Waals surface area contributed by atoms with Gasteiger partial charge in [0.15, 0.2) is 5.60 Å². The normalized spacial score (nSPS) is 12.1. The Kier molecular flexibility index (Phi) is 14.3. The molecule has 9 nitrogen and oxygen atoms in total. The fourth-order valence-corrected chi connectivity index (χ4v) is 9.03. The molecule has 0 saturated carbocycles. The molecular formula is C46H45N3O6S2. The molecule has 0 aromatic heterocycles. The van der Waals surface area contributed by atoms with E-state index < -0.39 is 40.0 Å². The predicted molar refractivity (Wildman–Crippen MR) is 225 cm³/mol. The Balaban J connectivity index is 1.38. The fourth-order valence-electron chi connectivity index (χ4n) is 6.50. The highest BCUT2D eigenvalue weighted by Crippen LogP contribution is 2.40. The topological polar surface area (TPSA) is 114 Å². The summed E-state index contributed by atoms with van der Waals surface area (Å²) in [5, 5.41) is 2.84. The first-order valence-electron chi connectivity index (χ1n) is 18.5. The molecular weight excluding hydrogens is 755 g/mol. The second-order valence-electron chi connectivity index (χ2n) is 13.2. The monoisotopic (exact) mass is 799 g/mol. The van der Waals surface area contributed by atoms with E-state index in [4.69, 9.17) is 9.57 Å². The lowest BCUT2D eigenvalue weighted by molar-refractivity contribution is -0.147. The number of rotatable bonds is 19. The lowest BCUT2D eigenvalue weighted by atomic mass is 9.80. The highest BCUT2D eigenvalue weighted by molar-refractivity contribution is 7.98. The molecule has 6 aromatic carbocycles. The van der Waals surface area contributed by atoms with E-state index in [1.165, 1.54) is 31.4 Å². The molecule has 11 heteroatoms. The molecule has 2 amide bonds. The first kappa shape index (κ1) is 40.9. The van der Waals surface area contributed by atoms with Gasteiger partial charge in [0, 0.05) is 12.3 Å². The van der Waals surface area contributed by atoms with Gasteiger partial charge in [-0.25, -0.2) is 13.9 Å². The molecule has 57 heavy (non-hydrogen) atoms. The van der Waals surface area contributed by atoms with E-state index in [0.29, 0.717) is 17.3 Å². The number of hydrogen-bond acceptors (Lipinski definition) is 7. The van der Waals surface area contributed by atoms with E-state index in [-0.39, 0.29) is 17.9 Å². The SMILES string of the molecule is COc1ccc(S(=O)(=O)N(CC(=O)NCc2ccccc2)C(CCSCc2ccccc2)C(=O)NOC(c2ccccc2)(c2ccccc2)c2ccccc2)cc1. The molecule has 0 saturated heterocycles. The van der Waals surface area contributed by atoms with E-state index in [1.54, 1.807) is 11.8 Å². The van der Waals surface area contributed by atoms with Crippen LogP contribution in [0.3, 0.4) is 0 Å². The van der Waals surface area contributed by atoms with Gasteiger partial charge in [-0.15, -0.1) is 0 Å². The zero-order valence-corrected chi connectivity index (χ0v) is 33.2. The fraction of sp³-hybridized carbons (Fsp3) is 0.174. The van der Waals surface area contributed by atoms with Crippen LogP contribution in [0.2, 0.25) is 0 Å². The van der Waals surface area contributed by atoms with Crippen LogP contribution in [0.25, 0.3) is 0 Å². The molecule has 0 bridgehead atoms. The first-order valence-corrected chi connectivity index (χ1v) is 21.1. The van der Waals surface area contributed by atoms with Gasteiger partial charge >= 0.3 is 0 Å². The van der Waals surface area contributed by atoms with Gasteiger partial charge in [0.05, 0.1) is 18.6 Å². The molecule has 0 aliphatic carbocycles. The van der Waals surface area contributed by atoms with Gasteiger partial charge in [-0.3, -0.25) is 14.4 Å². The maximum absolute atomic E-state index is 14.8. The third kappa shape index (κ3) is 10.4. The molecule has 1 atom stereocenters. The second kappa shape index (κ2) is 19.9. The van der Waals surface area contributed by atoms with Crippen molar-refractivity contribution >= 4 is 33.6 Å². The van der Waals surface area contributed by atoms with Gasteiger partial charge in [-0.05, 0) is 64.3 Å². The van der Waals surface area contributed by atoms with Gasteiger partial charge in [-0.2, -0.15) is 16.1 Å². The lowest BCUT2D eigenvalue weighted by Crippen LogP contribution is -2.54. The summed E-state index contributed by atoms with van der Waals surface area (Å²) in [5.74, 6) is 0.205. The van der Waals surface area contributed by atoms with E-state index in [9.17, 15) is 18.0 Å². The number of hydroxylamine groups is 1. The van der Waals surface area contributed by atoms with Crippen molar-refractivity contribution in [2.75, 3.05) is 19.4 Å². The van der Waals surface area contributed by atoms with Crippen molar-refractivity contribution in [3.05, 3.63) is 204 Å². The van der Waals surface area contributed by atoms with Crippen molar-refractivity contribution in [3.8, 4) is 5.75 Å². The Bertz CT molecular complexity index is 2170. The van der Waals surface area contributed by atoms with Crippen molar-refractivity contribution in [1.82, 2.24) is 15.1 Å². The number of methoxy groups -OCH3 is 1. The maximum Gasteiger partial charge on any atom is 0.262 e. The summed E-state index contributed by atoms with van der Waals surface area (Å²) in [7, 11) is -2.97. The van der Waals surface area contributed by atoms with Gasteiger partial charge < -0.3 is 10.1 Å². The Hall–Kier alpha value is -5.72. The third-order valence-corrected chi connectivity index (χ3v) is 12.4. The number of benzene rings is 6. The van der Waals surface area contributed by atoms with Crippen LogP contribution in [0.1, 0.15) is 34.2 Å². The maximum atomic E-state index is 14.8. The Morgan fingerprint density at radius 1 is 0.667 bits per heavy atom. The van der Waals surface area contributed by atoms with Crippen LogP contribution in [0, 0.1) is 0 Å². The van der Waals surface area contributed by atoms with Crippen LogP contribution in [-0.4, -0.2) is 50.0 Å². The number of carbonyl (C=O) groups excluding carboxylic acids is 2. The van der Waals surface area contributed by atoms with Crippen LogP contribution in [0.5, 0.6) is 5.75 Å². The van der Waals surface area contributed by atoms with Crippen LogP contribution in [0.15, 0.2) is 181 Å². The third-order valence-electron chi connectivity index (χ3n) is 9.44. The van der Waals surface area contributed by atoms with Crippen LogP contribution in [0.4, 0.5) is 0 Å². The van der Waals surface area contributed by atoms with Crippen molar-refractivity contribution in [2.45, 2.75) is 35.3 Å². The Morgan fingerprint density at radius 3 is 1.63 bits per heavy atom. The highest BCUT2D eigenvalue weighted by Gasteiger charge is 2.42. The van der Waals surface area contributed by atoms with Gasteiger partial charge in [-0.1, -0.05) is 152 Å². The molecule has 6 aromatic rings. The summed E-state index contributed by atoms with van der Waals surface area (Å²) in [6, 6.07) is 52.3. The van der Waals surface area contributed by atoms with E-state index in [0.717, 1.165) is 32.1 Å². The molecule has 0 spiro atoms. The largest absolute Gasteiger partial charge is 0.497 e.